The lowest BCUT2D eigenvalue weighted by molar-refractivity contribution is -0.128. The summed E-state index contributed by atoms with van der Waals surface area (Å²) in [7, 11) is 0. The maximum atomic E-state index is 12.3. The molecule has 0 unspecified atom stereocenters. The van der Waals surface area contributed by atoms with Crippen LogP contribution in [0.25, 0.3) is 0 Å². The Morgan fingerprint density at radius 3 is 2.87 bits per heavy atom. The minimum atomic E-state index is -2.98. The van der Waals surface area contributed by atoms with Crippen LogP contribution in [0.15, 0.2) is 18.2 Å². The van der Waals surface area contributed by atoms with E-state index in [0.717, 1.165) is 10.5 Å². The summed E-state index contributed by atoms with van der Waals surface area (Å²) in [6, 6.07) is 5.16. The smallest absolute Gasteiger partial charge is 0.316 e. The Morgan fingerprint density at radius 2 is 2.20 bits per heavy atom. The molecule has 0 aromatic heterocycles. The maximum absolute atomic E-state index is 12.3. The van der Waals surface area contributed by atoms with Crippen molar-refractivity contribution in [1.29, 1.82) is 0 Å². The molecule has 1 aliphatic heterocycles. The minimum Gasteiger partial charge on any atom is -0.397 e. The Hall–Kier alpha value is -1.65. The normalized spacial score (nSPS) is 14.5. The number of fused-ring (bicyclic) bond motifs is 1. The van der Waals surface area contributed by atoms with E-state index in [-0.39, 0.29) is 6.54 Å². The van der Waals surface area contributed by atoms with Crippen LogP contribution in [0.5, 0.6) is 0 Å². The lowest BCUT2D eigenvalue weighted by Gasteiger charge is -2.18. The number of carbonyl (C=O) groups excluding carboxylic acids is 1. The fourth-order valence-electron chi connectivity index (χ4n) is 1.82. The van der Waals surface area contributed by atoms with Crippen LogP contribution in [0.4, 0.5) is 20.2 Å². The Labute approximate surface area is 85.5 Å². The lowest BCUT2D eigenvalue weighted by atomic mass is 10.1. The molecule has 5 heteroatoms. The number of halogens is 2. The molecule has 1 aromatic carbocycles. The van der Waals surface area contributed by atoms with Crippen molar-refractivity contribution in [3.63, 3.8) is 0 Å². The van der Waals surface area contributed by atoms with Crippen LogP contribution in [-0.2, 0) is 11.2 Å². The Balaban J connectivity index is 2.40. The van der Waals surface area contributed by atoms with Crippen LogP contribution >= 0.6 is 0 Å². The Kier molecular flexibility index (Phi) is 2.30. The van der Waals surface area contributed by atoms with Crippen LogP contribution in [0.2, 0.25) is 0 Å². The number of nitrogens with zero attached hydrogens (tertiary/aromatic N) is 1. The van der Waals surface area contributed by atoms with Gasteiger partial charge in [-0.1, -0.05) is 12.1 Å². The fraction of sp³-hybridized carbons (Fsp3) is 0.300. The van der Waals surface area contributed by atoms with Gasteiger partial charge in [-0.05, 0) is 18.1 Å². The van der Waals surface area contributed by atoms with E-state index in [1.807, 2.05) is 0 Å². The van der Waals surface area contributed by atoms with E-state index in [1.165, 1.54) is 0 Å². The molecular formula is C10H10F2N2O. The molecule has 1 amide bonds. The van der Waals surface area contributed by atoms with Crippen molar-refractivity contribution in [1.82, 2.24) is 0 Å². The number of alkyl halides is 2. The fourth-order valence-corrected chi connectivity index (χ4v) is 1.82. The topological polar surface area (TPSA) is 46.3 Å². The van der Waals surface area contributed by atoms with Gasteiger partial charge in [0.05, 0.1) is 11.4 Å². The van der Waals surface area contributed by atoms with Crippen LogP contribution in [0.3, 0.4) is 0 Å². The van der Waals surface area contributed by atoms with Gasteiger partial charge < -0.3 is 10.6 Å². The minimum absolute atomic E-state index is 0.284. The van der Waals surface area contributed by atoms with Gasteiger partial charge in [-0.3, -0.25) is 4.79 Å². The number of nitrogen functional groups attached to an aromatic ring is 1. The molecule has 2 N–H and O–H groups in total. The van der Waals surface area contributed by atoms with E-state index in [2.05, 4.69) is 0 Å². The average molecular weight is 212 g/mol. The van der Waals surface area contributed by atoms with E-state index in [1.54, 1.807) is 18.2 Å². The molecule has 0 saturated carbocycles. The number of carbonyl (C=O) groups is 1. The van der Waals surface area contributed by atoms with Crippen LogP contribution in [0.1, 0.15) is 5.56 Å². The van der Waals surface area contributed by atoms with Crippen molar-refractivity contribution in [2.24, 2.45) is 0 Å². The second-order valence-corrected chi connectivity index (χ2v) is 3.40. The van der Waals surface area contributed by atoms with Gasteiger partial charge in [0.1, 0.15) is 0 Å². The number of benzene rings is 1. The number of anilines is 2. The molecule has 0 spiro atoms. The zero-order chi connectivity index (χ0) is 11.0. The van der Waals surface area contributed by atoms with Crippen molar-refractivity contribution in [3.05, 3.63) is 23.8 Å². The summed E-state index contributed by atoms with van der Waals surface area (Å²) in [6.07, 6.45) is -2.39. The number of para-hydroxylation sites is 1. The van der Waals surface area contributed by atoms with Crippen LogP contribution in [-0.4, -0.2) is 18.9 Å². The largest absolute Gasteiger partial charge is 0.397 e. The molecule has 0 saturated heterocycles. The summed E-state index contributed by atoms with van der Waals surface area (Å²) in [5, 5.41) is 0. The van der Waals surface area contributed by atoms with Crippen LogP contribution in [0, 0.1) is 0 Å². The van der Waals surface area contributed by atoms with Gasteiger partial charge in [-0.2, -0.15) is 8.78 Å². The van der Waals surface area contributed by atoms with Crippen molar-refractivity contribution in [3.8, 4) is 0 Å². The number of amides is 1. The monoisotopic (exact) mass is 212 g/mol. The molecule has 80 valence electrons. The number of rotatable bonds is 1. The third-order valence-electron chi connectivity index (χ3n) is 2.48. The first kappa shape index (κ1) is 9.89. The molecule has 0 atom stereocenters. The molecule has 15 heavy (non-hydrogen) atoms. The highest BCUT2D eigenvalue weighted by molar-refractivity contribution is 6.00. The summed E-state index contributed by atoms with van der Waals surface area (Å²) in [5.41, 5.74) is 7.33. The summed E-state index contributed by atoms with van der Waals surface area (Å²) in [5.74, 6) is -1.17. The molecule has 1 aromatic rings. The van der Waals surface area contributed by atoms with Gasteiger partial charge in [-0.15, -0.1) is 0 Å². The van der Waals surface area contributed by atoms with E-state index in [9.17, 15) is 13.6 Å². The first-order valence-electron chi connectivity index (χ1n) is 4.58. The summed E-state index contributed by atoms with van der Waals surface area (Å²) in [6.45, 7) is 0.284. The molecule has 1 aliphatic rings. The molecule has 3 nitrogen and oxygen atoms in total. The Bertz CT molecular complexity index is 406. The third-order valence-corrected chi connectivity index (χ3v) is 2.48. The molecule has 1 heterocycles. The summed E-state index contributed by atoms with van der Waals surface area (Å²) >= 11 is 0. The van der Waals surface area contributed by atoms with Crippen LogP contribution < -0.4 is 10.6 Å². The zero-order valence-electron chi connectivity index (χ0n) is 7.91. The molecule has 2 rings (SSSR count). The van der Waals surface area contributed by atoms with Crippen molar-refractivity contribution in [2.75, 3.05) is 17.2 Å². The first-order valence-corrected chi connectivity index (χ1v) is 4.58. The second-order valence-electron chi connectivity index (χ2n) is 3.40. The quantitative estimate of drug-likeness (QED) is 0.715. The highest BCUT2D eigenvalue weighted by atomic mass is 19.3. The summed E-state index contributed by atoms with van der Waals surface area (Å²) < 4.78 is 24.5. The Morgan fingerprint density at radius 1 is 1.47 bits per heavy atom. The van der Waals surface area contributed by atoms with Gasteiger partial charge in [0.15, 0.2) is 0 Å². The van der Waals surface area contributed by atoms with Crippen molar-refractivity contribution < 1.29 is 13.6 Å². The molecule has 0 bridgehead atoms. The van der Waals surface area contributed by atoms with E-state index in [4.69, 9.17) is 5.73 Å². The number of hydrogen-bond acceptors (Lipinski definition) is 2. The standard InChI is InChI=1S/C10H10F2N2O/c11-9(12)10(15)14-5-4-6-2-1-3-7(13)8(6)14/h1-3,9H,4-5,13H2. The molecular weight excluding hydrogens is 202 g/mol. The predicted octanol–water partition coefficient (Wildman–Crippen LogP) is 1.42. The van der Waals surface area contributed by atoms with E-state index >= 15 is 0 Å². The van der Waals surface area contributed by atoms with E-state index in [0.29, 0.717) is 17.8 Å². The highest BCUT2D eigenvalue weighted by Gasteiger charge is 2.31. The third kappa shape index (κ3) is 1.54. The molecule has 0 aliphatic carbocycles. The van der Waals surface area contributed by atoms with E-state index < -0.39 is 12.3 Å². The summed E-state index contributed by atoms with van der Waals surface area (Å²) in [4.78, 5) is 12.2. The SMILES string of the molecule is Nc1cccc2c1N(C(=O)C(F)F)CC2. The first-order chi connectivity index (χ1) is 7.11. The molecule has 0 fully saturated rings. The number of hydrogen-bond donors (Lipinski definition) is 1. The van der Waals surface area contributed by atoms with Gasteiger partial charge >= 0.3 is 6.43 Å². The van der Waals surface area contributed by atoms with Gasteiger partial charge in [0.25, 0.3) is 5.91 Å². The predicted molar refractivity (Wildman–Crippen MR) is 52.9 cm³/mol. The van der Waals surface area contributed by atoms with Crippen molar-refractivity contribution >= 4 is 17.3 Å². The van der Waals surface area contributed by atoms with Gasteiger partial charge in [0, 0.05) is 6.54 Å². The van der Waals surface area contributed by atoms with Gasteiger partial charge in [-0.25, -0.2) is 0 Å². The second kappa shape index (κ2) is 3.49. The zero-order valence-corrected chi connectivity index (χ0v) is 7.91. The van der Waals surface area contributed by atoms with Crippen molar-refractivity contribution in [2.45, 2.75) is 12.8 Å². The number of nitrogens with two attached hydrogens (primary N) is 1. The lowest BCUT2D eigenvalue weighted by Crippen LogP contribution is -2.34. The average Bonchev–Trinajstić information content (AvgIpc) is 2.61. The maximum Gasteiger partial charge on any atom is 0.316 e. The van der Waals surface area contributed by atoms with Gasteiger partial charge in [0.2, 0.25) is 0 Å². The molecule has 0 radical (unpaired) electrons. The highest BCUT2D eigenvalue weighted by Crippen LogP contribution is 2.34.